The molecule has 0 aromatic carbocycles. The number of hydrogen-bond donors (Lipinski definition) is 1. The third-order valence-electron chi connectivity index (χ3n) is 1.08. The summed E-state index contributed by atoms with van der Waals surface area (Å²) < 4.78 is 16.4. The number of alkyl halides is 1. The Bertz CT molecular complexity index is 142. The molecule has 0 radical (unpaired) electrons. The lowest BCUT2D eigenvalue weighted by Gasteiger charge is -2.18. The topological polar surface area (TPSA) is 49.8 Å². The Morgan fingerprint density at radius 2 is 2.30 bits per heavy atom. The molecule has 0 saturated heterocycles. The van der Waals surface area contributed by atoms with Crippen LogP contribution in [0.2, 0.25) is 0 Å². The molecule has 1 N–H and O–H groups in total. The van der Waals surface area contributed by atoms with Crippen LogP contribution in [-0.2, 0) is 9.09 Å². The highest BCUT2D eigenvalue weighted by atomic mass is 35.5. The maximum atomic E-state index is 10.9. The quantitative estimate of drug-likeness (QED) is 0.525. The molecule has 0 aliphatic carbocycles. The molecule has 0 aliphatic heterocycles. The van der Waals surface area contributed by atoms with Crippen LogP contribution in [0.15, 0.2) is 0 Å². The van der Waals surface area contributed by atoms with Crippen LogP contribution in [0, 0.1) is 0 Å². The molecule has 0 saturated carbocycles. The monoisotopic (exact) mass is 187 g/mol. The van der Waals surface area contributed by atoms with E-state index in [1.165, 1.54) is 18.8 Å². The molecule has 0 aromatic rings. The largest absolute Gasteiger partial charge is 0.405 e. The first kappa shape index (κ1) is 10.4. The van der Waals surface area contributed by atoms with E-state index in [-0.39, 0.29) is 0 Å². The zero-order chi connectivity index (χ0) is 8.20. The lowest BCUT2D eigenvalue weighted by molar-refractivity contribution is 0.256. The van der Waals surface area contributed by atoms with E-state index in [1.807, 2.05) is 0 Å². The van der Waals surface area contributed by atoms with Crippen molar-refractivity contribution in [1.82, 2.24) is 4.67 Å². The van der Waals surface area contributed by atoms with Gasteiger partial charge in [0.05, 0.1) is 0 Å². The molecule has 4 nitrogen and oxygen atoms in total. The van der Waals surface area contributed by atoms with Gasteiger partial charge in [-0.25, -0.2) is 9.24 Å². The van der Waals surface area contributed by atoms with E-state index in [4.69, 9.17) is 16.5 Å². The summed E-state index contributed by atoms with van der Waals surface area (Å²) in [6.07, 6.45) is 0. The molecular weight excluding hydrogens is 176 g/mol. The van der Waals surface area contributed by atoms with E-state index in [2.05, 4.69) is 4.52 Å². The second-order valence-electron chi connectivity index (χ2n) is 1.74. The minimum atomic E-state index is -3.53. The van der Waals surface area contributed by atoms with Crippen molar-refractivity contribution in [3.8, 4) is 0 Å². The predicted octanol–water partition coefficient (Wildman–Crippen LogP) is 0.904. The summed E-state index contributed by atoms with van der Waals surface area (Å²) in [5.74, 6) is 0.310. The van der Waals surface area contributed by atoms with E-state index in [9.17, 15) is 4.57 Å². The molecule has 0 aromatic heterocycles. The Kier molecular flexibility index (Phi) is 4.49. The molecule has 62 valence electrons. The van der Waals surface area contributed by atoms with Crippen LogP contribution in [0.5, 0.6) is 0 Å². The van der Waals surface area contributed by atoms with Crippen LogP contribution in [-0.4, -0.2) is 36.1 Å². The summed E-state index contributed by atoms with van der Waals surface area (Å²) in [7, 11) is -0.867. The highest BCUT2D eigenvalue weighted by molar-refractivity contribution is 7.50. The van der Waals surface area contributed by atoms with Gasteiger partial charge in [0.1, 0.15) is 0 Å². The first-order valence-electron chi connectivity index (χ1n) is 2.70. The van der Waals surface area contributed by atoms with Crippen LogP contribution in [0.25, 0.3) is 0 Å². The van der Waals surface area contributed by atoms with Crippen molar-refractivity contribution in [2.24, 2.45) is 0 Å². The van der Waals surface area contributed by atoms with Gasteiger partial charge in [-0.2, -0.15) is 0 Å². The summed E-state index contributed by atoms with van der Waals surface area (Å²) >= 11 is 5.33. The Morgan fingerprint density at radius 3 is 2.60 bits per heavy atom. The summed E-state index contributed by atoms with van der Waals surface area (Å²) in [6, 6.07) is 0. The van der Waals surface area contributed by atoms with Crippen molar-refractivity contribution in [2.75, 3.05) is 26.6 Å². The lowest BCUT2D eigenvalue weighted by atomic mass is 10.8. The van der Waals surface area contributed by atoms with Crippen LogP contribution in [0.4, 0.5) is 0 Å². The maximum absolute atomic E-state index is 10.9. The highest BCUT2D eigenvalue weighted by Gasteiger charge is 2.22. The van der Waals surface area contributed by atoms with Gasteiger partial charge in [0.2, 0.25) is 0 Å². The Labute approximate surface area is 65.3 Å². The molecule has 1 atom stereocenters. The van der Waals surface area contributed by atoms with Gasteiger partial charge < -0.3 is 9.42 Å². The third-order valence-corrected chi connectivity index (χ3v) is 2.79. The van der Waals surface area contributed by atoms with Crippen LogP contribution >= 0.6 is 19.3 Å². The zero-order valence-electron chi connectivity index (χ0n) is 5.95. The second kappa shape index (κ2) is 4.31. The molecule has 1 unspecified atom stereocenters. The fraction of sp³-hybridized carbons (Fsp3) is 1.00. The van der Waals surface area contributed by atoms with Gasteiger partial charge in [-0.1, -0.05) is 0 Å². The van der Waals surface area contributed by atoms with E-state index in [0.29, 0.717) is 12.4 Å². The zero-order valence-corrected chi connectivity index (χ0v) is 7.60. The fourth-order valence-electron chi connectivity index (χ4n) is 0.388. The Hall–Kier alpha value is 0.400. The third kappa shape index (κ3) is 2.99. The molecule has 10 heavy (non-hydrogen) atoms. The number of hydrogen-bond acceptors (Lipinski definition) is 2. The van der Waals surface area contributed by atoms with Gasteiger partial charge in [0.15, 0.2) is 0 Å². The average Bonchev–Trinajstić information content (AvgIpc) is 1.89. The van der Waals surface area contributed by atoms with Crippen molar-refractivity contribution in [2.45, 2.75) is 0 Å². The first-order chi connectivity index (χ1) is 4.54. The summed E-state index contributed by atoms with van der Waals surface area (Å²) in [6.45, 7) is 0.336. The molecular formula is C4H11ClNO3P. The molecule has 0 amide bonds. The Balaban J connectivity index is 3.91. The van der Waals surface area contributed by atoms with Crippen molar-refractivity contribution in [3.63, 3.8) is 0 Å². The van der Waals surface area contributed by atoms with E-state index in [0.717, 1.165) is 0 Å². The van der Waals surface area contributed by atoms with E-state index >= 15 is 0 Å². The van der Waals surface area contributed by atoms with Crippen molar-refractivity contribution in [1.29, 1.82) is 0 Å². The van der Waals surface area contributed by atoms with Gasteiger partial charge in [0.25, 0.3) is 0 Å². The normalized spacial score (nSPS) is 17.3. The smallest absolute Gasteiger partial charge is 0.312 e. The standard InChI is InChI=1S/C4H11ClNO3P/c1-6(4-3-5)10(7,8)9-2/h3-4H2,1-2H3,(H,7,8). The summed E-state index contributed by atoms with van der Waals surface area (Å²) in [5, 5.41) is 0. The van der Waals surface area contributed by atoms with E-state index < -0.39 is 7.75 Å². The maximum Gasteiger partial charge on any atom is 0.405 e. The van der Waals surface area contributed by atoms with Gasteiger partial charge in [-0.15, -0.1) is 11.6 Å². The van der Waals surface area contributed by atoms with Gasteiger partial charge in [0, 0.05) is 19.5 Å². The number of halogens is 1. The fourth-order valence-corrected chi connectivity index (χ4v) is 1.39. The number of rotatable bonds is 4. The molecule has 0 aliphatic rings. The van der Waals surface area contributed by atoms with Crippen molar-refractivity contribution in [3.05, 3.63) is 0 Å². The van der Waals surface area contributed by atoms with Gasteiger partial charge >= 0.3 is 7.75 Å². The minimum absolute atomic E-state index is 0.310. The molecule has 0 heterocycles. The van der Waals surface area contributed by atoms with Crippen LogP contribution < -0.4 is 0 Å². The first-order valence-corrected chi connectivity index (χ1v) is 4.77. The van der Waals surface area contributed by atoms with Gasteiger partial charge in [-0.3, -0.25) is 0 Å². The number of nitrogens with zero attached hydrogens (tertiary/aromatic N) is 1. The van der Waals surface area contributed by atoms with E-state index in [1.54, 1.807) is 0 Å². The van der Waals surface area contributed by atoms with Crippen molar-refractivity contribution >= 4 is 19.3 Å². The Morgan fingerprint density at radius 1 is 1.80 bits per heavy atom. The molecule has 0 spiro atoms. The van der Waals surface area contributed by atoms with Gasteiger partial charge in [-0.05, 0) is 7.05 Å². The molecule has 6 heteroatoms. The SMILES string of the molecule is COP(=O)(O)N(C)CCCl. The predicted molar refractivity (Wildman–Crippen MR) is 40.2 cm³/mol. The second-order valence-corrected chi connectivity index (χ2v) is 4.15. The molecule has 0 bridgehead atoms. The highest BCUT2D eigenvalue weighted by Crippen LogP contribution is 2.43. The van der Waals surface area contributed by atoms with Crippen LogP contribution in [0.3, 0.4) is 0 Å². The minimum Gasteiger partial charge on any atom is -0.312 e. The van der Waals surface area contributed by atoms with Crippen LogP contribution in [0.1, 0.15) is 0 Å². The summed E-state index contributed by atoms with van der Waals surface area (Å²) in [5.41, 5.74) is 0. The average molecular weight is 188 g/mol. The summed E-state index contributed by atoms with van der Waals surface area (Å²) in [4.78, 5) is 8.92. The molecule has 0 rings (SSSR count). The molecule has 0 fully saturated rings. The lowest BCUT2D eigenvalue weighted by Crippen LogP contribution is -2.17. The van der Waals surface area contributed by atoms with Crippen molar-refractivity contribution < 1.29 is 14.0 Å².